The van der Waals surface area contributed by atoms with Crippen LogP contribution in [0, 0.1) is 11.7 Å². The second-order valence-electron chi connectivity index (χ2n) is 3.96. The molecule has 0 aliphatic carbocycles. The number of nitrogens with one attached hydrogen (secondary N) is 1. The van der Waals surface area contributed by atoms with Crippen molar-refractivity contribution in [3.63, 3.8) is 0 Å². The van der Waals surface area contributed by atoms with Gasteiger partial charge in [0.1, 0.15) is 0 Å². The summed E-state index contributed by atoms with van der Waals surface area (Å²) in [6, 6.07) is 1.96. The van der Waals surface area contributed by atoms with Gasteiger partial charge in [-0.05, 0) is 30.8 Å². The number of pyridine rings is 1. The number of aromatic amines is 1. The van der Waals surface area contributed by atoms with E-state index in [9.17, 15) is 0 Å². The van der Waals surface area contributed by atoms with Crippen LogP contribution in [0.5, 0.6) is 0 Å². The Morgan fingerprint density at radius 2 is 2.24 bits per heavy atom. The molecule has 0 aromatic carbocycles. The Labute approximate surface area is 103 Å². The van der Waals surface area contributed by atoms with Crippen molar-refractivity contribution in [2.24, 2.45) is 7.05 Å². The van der Waals surface area contributed by atoms with Gasteiger partial charge in [0, 0.05) is 19.4 Å². The van der Waals surface area contributed by atoms with Gasteiger partial charge in [0.05, 0.1) is 17.4 Å². The Hall–Kier alpha value is -1.95. The van der Waals surface area contributed by atoms with Crippen molar-refractivity contribution in [1.82, 2.24) is 24.3 Å². The molecule has 0 atom stereocenters. The molecule has 1 N–H and O–H groups in total. The molecule has 0 fully saturated rings. The first-order chi connectivity index (χ1) is 8.16. The van der Waals surface area contributed by atoms with Gasteiger partial charge in [-0.3, -0.25) is 9.25 Å². The lowest BCUT2D eigenvalue weighted by Crippen LogP contribution is -1.94. The molecule has 6 heteroatoms. The monoisotopic (exact) mass is 245 g/mol. The van der Waals surface area contributed by atoms with Crippen LogP contribution in [-0.4, -0.2) is 24.3 Å². The van der Waals surface area contributed by atoms with Gasteiger partial charge in [-0.15, -0.1) is 0 Å². The van der Waals surface area contributed by atoms with Gasteiger partial charge in [-0.25, -0.2) is 4.98 Å². The van der Waals surface area contributed by atoms with E-state index in [2.05, 4.69) is 15.1 Å². The van der Waals surface area contributed by atoms with Crippen molar-refractivity contribution in [2.45, 2.75) is 6.92 Å². The van der Waals surface area contributed by atoms with Gasteiger partial charge in [0.25, 0.3) is 0 Å². The predicted molar refractivity (Wildman–Crippen MR) is 67.8 cm³/mol. The average molecular weight is 245 g/mol. The molecule has 0 saturated heterocycles. The van der Waals surface area contributed by atoms with Crippen molar-refractivity contribution in [3.05, 3.63) is 35.0 Å². The van der Waals surface area contributed by atoms with E-state index in [1.807, 2.05) is 30.8 Å². The minimum atomic E-state index is 0.634. The van der Waals surface area contributed by atoms with E-state index in [4.69, 9.17) is 12.2 Å². The van der Waals surface area contributed by atoms with E-state index < -0.39 is 0 Å². The second-order valence-corrected chi connectivity index (χ2v) is 4.35. The Bertz CT molecular complexity index is 749. The number of hydrogen-bond acceptors (Lipinski definition) is 3. The van der Waals surface area contributed by atoms with Crippen LogP contribution in [0.15, 0.2) is 24.7 Å². The van der Waals surface area contributed by atoms with Crippen LogP contribution in [0.4, 0.5) is 0 Å². The van der Waals surface area contributed by atoms with E-state index in [1.165, 1.54) is 0 Å². The lowest BCUT2D eigenvalue weighted by atomic mass is 10.3. The molecule has 0 aliphatic rings. The highest BCUT2D eigenvalue weighted by atomic mass is 32.1. The van der Waals surface area contributed by atoms with Crippen molar-refractivity contribution < 1.29 is 0 Å². The molecule has 3 heterocycles. The molecule has 5 nitrogen and oxygen atoms in total. The zero-order valence-electron chi connectivity index (χ0n) is 9.51. The number of aromatic nitrogens is 5. The first-order valence-corrected chi connectivity index (χ1v) is 5.63. The largest absolute Gasteiger partial charge is 0.329 e. The predicted octanol–water partition coefficient (Wildman–Crippen LogP) is 2.13. The van der Waals surface area contributed by atoms with Crippen LogP contribution in [0.2, 0.25) is 0 Å². The third-order valence-electron chi connectivity index (χ3n) is 2.74. The van der Waals surface area contributed by atoms with Crippen LogP contribution in [0.3, 0.4) is 0 Å². The lowest BCUT2D eigenvalue weighted by Gasteiger charge is -1.99. The van der Waals surface area contributed by atoms with Crippen LogP contribution in [-0.2, 0) is 7.05 Å². The number of imidazole rings is 1. The summed E-state index contributed by atoms with van der Waals surface area (Å²) in [4.78, 5) is 7.56. The molecule has 17 heavy (non-hydrogen) atoms. The summed E-state index contributed by atoms with van der Waals surface area (Å²) in [6.07, 6.45) is 5.47. The third kappa shape index (κ3) is 1.49. The van der Waals surface area contributed by atoms with Crippen LogP contribution in [0.25, 0.3) is 16.9 Å². The molecule has 0 unspecified atom stereocenters. The maximum atomic E-state index is 5.33. The molecular formula is C11H11N5S. The third-order valence-corrected chi connectivity index (χ3v) is 3.02. The van der Waals surface area contributed by atoms with Crippen LogP contribution >= 0.6 is 12.2 Å². The van der Waals surface area contributed by atoms with Crippen LogP contribution < -0.4 is 0 Å². The van der Waals surface area contributed by atoms with E-state index in [0.717, 1.165) is 22.4 Å². The summed E-state index contributed by atoms with van der Waals surface area (Å²) in [5, 5.41) is 4.15. The standard InChI is InChI=1S/C11H11N5S/c1-7-3-4-12-10-9(7)14-11(17)16(10)8-5-13-15(2)6-8/h3-6H,1-2H3,(H,14,17). The van der Waals surface area contributed by atoms with E-state index in [0.29, 0.717) is 4.77 Å². The molecule has 0 amide bonds. The summed E-state index contributed by atoms with van der Waals surface area (Å²) in [5.41, 5.74) is 3.86. The van der Waals surface area contributed by atoms with Crippen molar-refractivity contribution >= 4 is 23.4 Å². The highest BCUT2D eigenvalue weighted by molar-refractivity contribution is 7.71. The lowest BCUT2D eigenvalue weighted by molar-refractivity contribution is 0.767. The summed E-state index contributed by atoms with van der Waals surface area (Å²) in [7, 11) is 1.88. The molecule has 86 valence electrons. The normalized spacial score (nSPS) is 11.2. The Morgan fingerprint density at radius 1 is 1.41 bits per heavy atom. The maximum absolute atomic E-state index is 5.33. The molecule has 3 rings (SSSR count). The Balaban J connectivity index is 2.40. The first-order valence-electron chi connectivity index (χ1n) is 5.22. The second kappa shape index (κ2) is 3.53. The van der Waals surface area contributed by atoms with Gasteiger partial charge in [-0.2, -0.15) is 5.10 Å². The Kier molecular flexibility index (Phi) is 2.12. The zero-order valence-corrected chi connectivity index (χ0v) is 10.3. The SMILES string of the molecule is Cc1ccnc2c1[nH]c(=S)n2-c1cnn(C)c1. The number of fused-ring (bicyclic) bond motifs is 1. The highest BCUT2D eigenvalue weighted by Crippen LogP contribution is 2.19. The fraction of sp³-hybridized carbons (Fsp3) is 0.182. The van der Waals surface area contributed by atoms with Crippen molar-refractivity contribution in [1.29, 1.82) is 0 Å². The molecular weight excluding hydrogens is 234 g/mol. The number of hydrogen-bond donors (Lipinski definition) is 1. The summed E-state index contributed by atoms with van der Waals surface area (Å²) in [6.45, 7) is 2.03. The topological polar surface area (TPSA) is 51.4 Å². The smallest absolute Gasteiger partial charge is 0.184 e. The van der Waals surface area contributed by atoms with Crippen molar-refractivity contribution in [3.8, 4) is 5.69 Å². The Morgan fingerprint density at radius 3 is 2.94 bits per heavy atom. The molecule has 0 saturated carbocycles. The number of aryl methyl sites for hydroxylation is 2. The van der Waals surface area contributed by atoms with Gasteiger partial charge in [0.2, 0.25) is 0 Å². The van der Waals surface area contributed by atoms with Gasteiger partial charge < -0.3 is 4.98 Å². The fourth-order valence-electron chi connectivity index (χ4n) is 1.89. The quantitative estimate of drug-likeness (QED) is 0.668. The van der Waals surface area contributed by atoms with Gasteiger partial charge >= 0.3 is 0 Å². The average Bonchev–Trinajstić information content (AvgIpc) is 2.82. The summed E-state index contributed by atoms with van der Waals surface area (Å²) in [5.74, 6) is 0. The van der Waals surface area contributed by atoms with Crippen LogP contribution in [0.1, 0.15) is 5.56 Å². The summed E-state index contributed by atoms with van der Waals surface area (Å²) >= 11 is 5.33. The van der Waals surface area contributed by atoms with Gasteiger partial charge in [-0.1, -0.05) is 0 Å². The van der Waals surface area contributed by atoms with Crippen molar-refractivity contribution in [2.75, 3.05) is 0 Å². The van der Waals surface area contributed by atoms with Gasteiger partial charge in [0.15, 0.2) is 10.4 Å². The molecule has 0 bridgehead atoms. The van der Waals surface area contributed by atoms with E-state index in [1.54, 1.807) is 17.1 Å². The maximum Gasteiger partial charge on any atom is 0.184 e. The van der Waals surface area contributed by atoms with E-state index in [-0.39, 0.29) is 0 Å². The molecule has 3 aromatic heterocycles. The fourth-order valence-corrected chi connectivity index (χ4v) is 2.18. The minimum Gasteiger partial charge on any atom is -0.329 e. The zero-order chi connectivity index (χ0) is 12.0. The molecule has 0 spiro atoms. The first kappa shape index (κ1) is 10.2. The van der Waals surface area contributed by atoms with E-state index >= 15 is 0 Å². The number of rotatable bonds is 1. The number of nitrogens with zero attached hydrogens (tertiary/aromatic N) is 4. The molecule has 0 aliphatic heterocycles. The highest BCUT2D eigenvalue weighted by Gasteiger charge is 2.10. The molecule has 3 aromatic rings. The minimum absolute atomic E-state index is 0.634. The molecule has 0 radical (unpaired) electrons. The summed E-state index contributed by atoms with van der Waals surface area (Å²) < 4.78 is 4.27. The number of H-pyrrole nitrogens is 1.